The zero-order chi connectivity index (χ0) is 26.5. The van der Waals surface area contributed by atoms with Crippen LogP contribution in [0.5, 0.6) is 0 Å². The topological polar surface area (TPSA) is 42.0 Å². The Labute approximate surface area is 194 Å². The van der Waals surface area contributed by atoms with Crippen molar-refractivity contribution in [1.29, 1.82) is 0 Å². The molecule has 3 nitrogen and oxygen atoms in total. The van der Waals surface area contributed by atoms with E-state index in [0.717, 1.165) is 10.7 Å². The molecular weight excluding hydrogens is 567 g/mol. The molecule has 1 aromatic heterocycles. The molecule has 1 amide bonds. The number of amides is 1. The van der Waals surface area contributed by atoms with E-state index >= 15 is 0 Å². The van der Waals surface area contributed by atoms with Crippen LogP contribution in [0.1, 0.15) is 0 Å². The average Bonchev–Trinajstić information content (AvgIpc) is 3.17. The number of benzene rings is 1. The van der Waals surface area contributed by atoms with Crippen molar-refractivity contribution in [3.63, 3.8) is 0 Å². The summed E-state index contributed by atoms with van der Waals surface area (Å²) in [5, 5.41) is 1.14. The van der Waals surface area contributed by atoms with Crippen LogP contribution in [0.2, 0.25) is 10.0 Å². The lowest BCUT2D eigenvalue weighted by Gasteiger charge is -2.38. The Morgan fingerprint density at radius 1 is 0.882 bits per heavy atom. The van der Waals surface area contributed by atoms with Gasteiger partial charge < -0.3 is 0 Å². The Hall–Kier alpha value is -1.94. The lowest BCUT2D eigenvalue weighted by molar-refractivity contribution is -0.406. The number of nitrogens with one attached hydrogen (secondary N) is 1. The second-order valence-corrected chi connectivity index (χ2v) is 8.01. The Morgan fingerprint density at radius 3 is 1.94 bits per heavy atom. The maximum Gasteiger partial charge on any atom is 0.393 e. The van der Waals surface area contributed by atoms with Gasteiger partial charge in [0.05, 0.1) is 15.7 Å². The van der Waals surface area contributed by atoms with Gasteiger partial charge in [0.1, 0.15) is 0 Å². The number of thiazole rings is 1. The molecule has 0 spiro atoms. The quantitative estimate of drug-likeness (QED) is 0.333. The summed E-state index contributed by atoms with van der Waals surface area (Å²) >= 11 is 11.7. The molecule has 0 aliphatic heterocycles. The van der Waals surface area contributed by atoms with Crippen molar-refractivity contribution in [3.8, 4) is 11.3 Å². The lowest BCUT2D eigenvalue weighted by atomic mass is 9.94. The summed E-state index contributed by atoms with van der Waals surface area (Å²) in [5.41, 5.74) is 0.0334. The lowest BCUT2D eigenvalue weighted by Crippen LogP contribution is -2.70. The Kier molecular flexibility index (Phi) is 7.43. The molecule has 0 bridgehead atoms. The minimum Gasteiger partial charge on any atom is -0.296 e. The molecule has 0 radical (unpaired) electrons. The van der Waals surface area contributed by atoms with Crippen LogP contribution in [0, 0.1) is 0 Å². The van der Waals surface area contributed by atoms with Crippen LogP contribution < -0.4 is 5.32 Å². The molecule has 18 heteroatoms. The van der Waals surface area contributed by atoms with Crippen molar-refractivity contribution < 1.29 is 57.5 Å². The third kappa shape index (κ3) is 4.39. The molecule has 1 aromatic carbocycles. The fourth-order valence-electron chi connectivity index (χ4n) is 2.18. The van der Waals surface area contributed by atoms with Gasteiger partial charge in [-0.15, -0.1) is 11.3 Å². The van der Waals surface area contributed by atoms with Crippen molar-refractivity contribution in [2.45, 2.75) is 36.0 Å². The van der Waals surface area contributed by atoms with Crippen molar-refractivity contribution in [2.24, 2.45) is 0 Å². The van der Waals surface area contributed by atoms with E-state index in [1.165, 1.54) is 18.2 Å². The molecule has 190 valence electrons. The van der Waals surface area contributed by atoms with Gasteiger partial charge in [-0.25, -0.2) is 13.8 Å². The van der Waals surface area contributed by atoms with Gasteiger partial charge in [-0.1, -0.05) is 29.3 Å². The van der Waals surface area contributed by atoms with Crippen molar-refractivity contribution in [3.05, 3.63) is 33.6 Å². The first-order chi connectivity index (χ1) is 15.2. The van der Waals surface area contributed by atoms with E-state index in [0.29, 0.717) is 0 Å². The molecule has 0 saturated heterocycles. The van der Waals surface area contributed by atoms with Gasteiger partial charge in [-0.05, 0) is 12.1 Å². The normalized spacial score (nSPS) is 14.0. The Balaban J connectivity index is 2.35. The minimum absolute atomic E-state index is 0.00677. The highest BCUT2D eigenvalue weighted by molar-refractivity contribution is 7.14. The first-order valence-electron chi connectivity index (χ1n) is 8.11. The third-order valence-electron chi connectivity index (χ3n) is 4.10. The zero-order valence-corrected chi connectivity index (χ0v) is 17.8. The van der Waals surface area contributed by atoms with Gasteiger partial charge in [0, 0.05) is 10.9 Å². The number of carbonyl (C=O) groups is 1. The predicted octanol–water partition coefficient (Wildman–Crippen LogP) is 7.50. The number of alkyl halides is 12. The fraction of sp³-hybridized carbons (Fsp3) is 0.375. The predicted molar refractivity (Wildman–Crippen MR) is 96.9 cm³/mol. The number of hydrogen-bond acceptors (Lipinski definition) is 3. The number of anilines is 1. The standard InChI is InChI=1S/C16H6Cl2F12N2OS/c17-6-2-1-5(3-7(6)18)8-4-34-11(31-8)32-10(33)13(23,24)15(27,28)16(29,30)14(25,26)12(21,22)9(19)20/h1-4,9H,(H,31,32,33). The third-order valence-corrected chi connectivity index (χ3v) is 5.60. The second-order valence-electron chi connectivity index (χ2n) is 6.34. The van der Waals surface area contributed by atoms with Gasteiger partial charge in [0.2, 0.25) is 0 Å². The van der Waals surface area contributed by atoms with Crippen LogP contribution in [0.15, 0.2) is 23.6 Å². The minimum atomic E-state index is -7.81. The summed E-state index contributed by atoms with van der Waals surface area (Å²) in [6.45, 7) is 0. The van der Waals surface area contributed by atoms with Crippen molar-refractivity contribution >= 4 is 45.6 Å². The molecule has 0 fully saturated rings. The highest BCUT2D eigenvalue weighted by Crippen LogP contribution is 2.58. The summed E-state index contributed by atoms with van der Waals surface area (Å²) in [7, 11) is 0. The summed E-state index contributed by atoms with van der Waals surface area (Å²) < 4.78 is 158. The van der Waals surface area contributed by atoms with E-state index in [1.54, 1.807) is 0 Å². The molecule has 0 unspecified atom stereocenters. The van der Waals surface area contributed by atoms with Crippen LogP contribution >= 0.6 is 34.5 Å². The smallest absolute Gasteiger partial charge is 0.296 e. The first kappa shape index (κ1) is 28.3. The number of rotatable bonds is 8. The van der Waals surface area contributed by atoms with Crippen LogP contribution in [-0.4, -0.2) is 46.9 Å². The van der Waals surface area contributed by atoms with Gasteiger partial charge in [-0.3, -0.25) is 10.1 Å². The van der Waals surface area contributed by atoms with Crippen LogP contribution in [-0.2, 0) is 4.79 Å². The number of nitrogens with zero attached hydrogens (tertiary/aromatic N) is 1. The van der Waals surface area contributed by atoms with E-state index < -0.39 is 47.1 Å². The largest absolute Gasteiger partial charge is 0.393 e. The molecule has 0 saturated carbocycles. The van der Waals surface area contributed by atoms with E-state index in [4.69, 9.17) is 23.2 Å². The van der Waals surface area contributed by atoms with E-state index in [2.05, 4.69) is 4.98 Å². The first-order valence-corrected chi connectivity index (χ1v) is 9.75. The molecule has 1 N–H and O–H groups in total. The molecule has 2 rings (SSSR count). The number of hydrogen-bond donors (Lipinski definition) is 1. The number of halogens is 14. The molecule has 0 aliphatic carbocycles. The Bertz CT molecular complexity index is 1080. The van der Waals surface area contributed by atoms with Gasteiger partial charge >= 0.3 is 41.9 Å². The maximum absolute atomic E-state index is 13.9. The Morgan fingerprint density at radius 2 is 1.44 bits per heavy atom. The van der Waals surface area contributed by atoms with Crippen molar-refractivity contribution in [2.75, 3.05) is 5.32 Å². The van der Waals surface area contributed by atoms with E-state index in [1.807, 2.05) is 0 Å². The molecule has 2 aromatic rings. The SMILES string of the molecule is O=C(Nc1nc(-c2ccc(Cl)c(Cl)c2)cs1)C(F)(F)C(F)(F)C(F)(F)C(F)(F)C(F)(F)C(F)F. The molecule has 1 heterocycles. The molecule has 0 aliphatic rings. The summed E-state index contributed by atoms with van der Waals surface area (Å²) in [4.78, 5) is 15.1. The van der Waals surface area contributed by atoms with E-state index in [-0.39, 0.29) is 32.6 Å². The summed E-state index contributed by atoms with van der Waals surface area (Å²) in [6, 6.07) is 3.77. The van der Waals surface area contributed by atoms with E-state index in [9.17, 15) is 57.5 Å². The number of aromatic nitrogens is 1. The maximum atomic E-state index is 13.9. The zero-order valence-electron chi connectivity index (χ0n) is 15.4. The van der Waals surface area contributed by atoms with Gasteiger partial charge in [0.25, 0.3) is 0 Å². The highest BCUT2D eigenvalue weighted by Gasteiger charge is 2.89. The highest BCUT2D eigenvalue weighted by atomic mass is 35.5. The average molecular weight is 573 g/mol. The molecule has 0 atom stereocenters. The monoisotopic (exact) mass is 572 g/mol. The van der Waals surface area contributed by atoms with Crippen molar-refractivity contribution in [1.82, 2.24) is 4.98 Å². The summed E-state index contributed by atoms with van der Waals surface area (Å²) in [6.07, 6.45) is -5.64. The molecule has 34 heavy (non-hydrogen) atoms. The van der Waals surface area contributed by atoms with Crippen LogP contribution in [0.25, 0.3) is 11.3 Å². The van der Waals surface area contributed by atoms with Gasteiger partial charge in [0.15, 0.2) is 5.13 Å². The van der Waals surface area contributed by atoms with Crippen LogP contribution in [0.3, 0.4) is 0 Å². The van der Waals surface area contributed by atoms with Crippen LogP contribution in [0.4, 0.5) is 57.8 Å². The van der Waals surface area contributed by atoms with Gasteiger partial charge in [-0.2, -0.15) is 43.9 Å². The number of carbonyl (C=O) groups excluding carboxylic acids is 1. The molecular formula is C16H6Cl2F12N2OS. The summed E-state index contributed by atoms with van der Waals surface area (Å²) in [5.74, 6) is -40.4. The fourth-order valence-corrected chi connectivity index (χ4v) is 3.19. The second kappa shape index (κ2) is 8.93.